The van der Waals surface area contributed by atoms with Gasteiger partial charge in [-0.15, -0.1) is 0 Å². The van der Waals surface area contributed by atoms with E-state index in [4.69, 9.17) is 9.26 Å². The van der Waals surface area contributed by atoms with Gasteiger partial charge in [0.2, 0.25) is 11.8 Å². The maximum absolute atomic E-state index is 12.6. The molecule has 0 spiro atoms. The number of benzene rings is 2. The summed E-state index contributed by atoms with van der Waals surface area (Å²) < 4.78 is 10.8. The third-order valence-electron chi connectivity index (χ3n) is 5.58. The van der Waals surface area contributed by atoms with Crippen molar-refractivity contribution in [1.82, 2.24) is 10.1 Å². The lowest BCUT2D eigenvalue weighted by atomic mass is 9.96. The molecule has 4 rings (SSSR count). The standard InChI is InChI=1S/C26H27N3O4/c1-19-16-24(28-33-19)27-26(31)22-12-14-29(15-13-22)25(30)11-10-20-8-5-9-23(17-20)32-18-21-6-3-2-4-7-21/h2-11,16-17,22H,12-15,18H2,1H3,(H,27,28,31)/b11-10+. The highest BCUT2D eigenvalue weighted by Crippen LogP contribution is 2.21. The summed E-state index contributed by atoms with van der Waals surface area (Å²) in [4.78, 5) is 26.8. The van der Waals surface area contributed by atoms with Crippen molar-refractivity contribution in [3.05, 3.63) is 83.6 Å². The van der Waals surface area contributed by atoms with Crippen molar-refractivity contribution in [2.24, 2.45) is 5.92 Å². The number of hydrogen-bond acceptors (Lipinski definition) is 5. The van der Waals surface area contributed by atoms with Gasteiger partial charge in [-0.25, -0.2) is 0 Å². The summed E-state index contributed by atoms with van der Waals surface area (Å²) in [5.74, 6) is 1.53. The van der Waals surface area contributed by atoms with Crippen LogP contribution in [-0.4, -0.2) is 35.0 Å². The predicted molar refractivity (Wildman–Crippen MR) is 125 cm³/mol. The maximum Gasteiger partial charge on any atom is 0.246 e. The SMILES string of the molecule is Cc1cc(NC(=O)C2CCN(C(=O)/C=C/c3cccc(OCc4ccccc4)c3)CC2)no1. The number of aryl methyl sites for hydroxylation is 1. The molecular formula is C26H27N3O4. The van der Waals surface area contributed by atoms with Crippen LogP contribution in [-0.2, 0) is 16.2 Å². The second kappa shape index (κ2) is 10.6. The van der Waals surface area contributed by atoms with Crippen molar-refractivity contribution >= 4 is 23.7 Å². The number of carbonyl (C=O) groups is 2. The molecule has 33 heavy (non-hydrogen) atoms. The van der Waals surface area contributed by atoms with E-state index >= 15 is 0 Å². The van der Waals surface area contributed by atoms with Gasteiger partial charge < -0.3 is 19.5 Å². The number of nitrogens with zero attached hydrogens (tertiary/aromatic N) is 2. The van der Waals surface area contributed by atoms with Crippen LogP contribution in [0.3, 0.4) is 0 Å². The zero-order valence-corrected chi connectivity index (χ0v) is 18.6. The van der Waals surface area contributed by atoms with Crippen molar-refractivity contribution in [2.75, 3.05) is 18.4 Å². The normalized spacial score (nSPS) is 14.4. The molecule has 170 valence electrons. The lowest BCUT2D eigenvalue weighted by Gasteiger charge is -2.30. The molecular weight excluding hydrogens is 418 g/mol. The van der Waals surface area contributed by atoms with Crippen LogP contribution < -0.4 is 10.1 Å². The molecule has 2 amide bonds. The molecule has 7 heteroatoms. The molecule has 0 unspecified atom stereocenters. The number of hydrogen-bond donors (Lipinski definition) is 1. The largest absolute Gasteiger partial charge is 0.489 e. The summed E-state index contributed by atoms with van der Waals surface area (Å²) in [6.07, 6.45) is 4.61. The first-order chi connectivity index (χ1) is 16.1. The molecule has 1 saturated heterocycles. The van der Waals surface area contributed by atoms with Crippen LogP contribution in [0.25, 0.3) is 6.08 Å². The van der Waals surface area contributed by atoms with Gasteiger partial charge >= 0.3 is 0 Å². The summed E-state index contributed by atoms with van der Waals surface area (Å²) >= 11 is 0. The Kier molecular flexibility index (Phi) is 7.19. The van der Waals surface area contributed by atoms with Gasteiger partial charge in [-0.05, 0) is 49.1 Å². The number of nitrogens with one attached hydrogen (secondary N) is 1. The minimum atomic E-state index is -0.145. The van der Waals surface area contributed by atoms with Gasteiger partial charge in [0.25, 0.3) is 0 Å². The van der Waals surface area contributed by atoms with Crippen molar-refractivity contribution < 1.29 is 18.8 Å². The van der Waals surface area contributed by atoms with E-state index in [2.05, 4.69) is 10.5 Å². The topological polar surface area (TPSA) is 84.7 Å². The van der Waals surface area contributed by atoms with Crippen LogP contribution in [0, 0.1) is 12.8 Å². The summed E-state index contributed by atoms with van der Waals surface area (Å²) in [5, 5.41) is 6.57. The molecule has 1 N–H and O–H groups in total. The van der Waals surface area contributed by atoms with E-state index in [1.807, 2.05) is 54.6 Å². The van der Waals surface area contributed by atoms with E-state index in [9.17, 15) is 9.59 Å². The molecule has 0 saturated carbocycles. The van der Waals surface area contributed by atoms with Crippen LogP contribution in [0.4, 0.5) is 5.82 Å². The Bertz CT molecular complexity index is 1120. The van der Waals surface area contributed by atoms with Gasteiger partial charge in [0, 0.05) is 31.1 Å². The Hall–Kier alpha value is -3.87. The number of anilines is 1. The molecule has 1 fully saturated rings. The van der Waals surface area contributed by atoms with E-state index in [0.29, 0.717) is 44.1 Å². The van der Waals surface area contributed by atoms with E-state index in [1.165, 1.54) is 0 Å². The quantitative estimate of drug-likeness (QED) is 0.543. The number of ether oxygens (including phenoxy) is 1. The average molecular weight is 446 g/mol. The Balaban J connectivity index is 1.25. The summed E-state index contributed by atoms with van der Waals surface area (Å²) in [5.41, 5.74) is 1.99. The smallest absolute Gasteiger partial charge is 0.246 e. The average Bonchev–Trinajstić information content (AvgIpc) is 3.26. The summed E-state index contributed by atoms with van der Waals surface area (Å²) in [6.45, 7) is 3.35. The van der Waals surface area contributed by atoms with Crippen LogP contribution in [0.15, 0.2) is 71.3 Å². The number of aromatic nitrogens is 1. The Morgan fingerprint density at radius 2 is 1.91 bits per heavy atom. The molecule has 0 radical (unpaired) electrons. The molecule has 0 aliphatic carbocycles. The zero-order valence-electron chi connectivity index (χ0n) is 18.6. The van der Waals surface area contributed by atoms with Gasteiger partial charge in [0.15, 0.2) is 5.82 Å². The fourth-order valence-corrected chi connectivity index (χ4v) is 3.74. The van der Waals surface area contributed by atoms with Crippen molar-refractivity contribution in [1.29, 1.82) is 0 Å². The van der Waals surface area contributed by atoms with Crippen molar-refractivity contribution in [3.8, 4) is 5.75 Å². The van der Waals surface area contributed by atoms with Crippen molar-refractivity contribution in [3.63, 3.8) is 0 Å². The van der Waals surface area contributed by atoms with E-state index in [1.54, 1.807) is 30.0 Å². The third-order valence-corrected chi connectivity index (χ3v) is 5.58. The molecule has 1 aliphatic heterocycles. The highest BCUT2D eigenvalue weighted by Gasteiger charge is 2.27. The van der Waals surface area contributed by atoms with Crippen molar-refractivity contribution in [2.45, 2.75) is 26.4 Å². The van der Waals surface area contributed by atoms with Gasteiger partial charge in [-0.2, -0.15) is 0 Å². The number of amides is 2. The second-order valence-corrected chi connectivity index (χ2v) is 8.09. The van der Waals surface area contributed by atoms with E-state index in [0.717, 1.165) is 16.9 Å². The van der Waals surface area contributed by atoms with Gasteiger partial charge in [0.05, 0.1) is 0 Å². The van der Waals surface area contributed by atoms with Gasteiger partial charge in [0.1, 0.15) is 18.1 Å². The lowest BCUT2D eigenvalue weighted by Crippen LogP contribution is -2.40. The fourth-order valence-electron chi connectivity index (χ4n) is 3.74. The van der Waals surface area contributed by atoms with Gasteiger partial charge in [-0.3, -0.25) is 9.59 Å². The Morgan fingerprint density at radius 3 is 2.64 bits per heavy atom. The minimum Gasteiger partial charge on any atom is -0.489 e. The second-order valence-electron chi connectivity index (χ2n) is 8.09. The highest BCUT2D eigenvalue weighted by atomic mass is 16.5. The van der Waals surface area contributed by atoms with Crippen LogP contribution in [0.5, 0.6) is 5.75 Å². The summed E-state index contributed by atoms with van der Waals surface area (Å²) in [6, 6.07) is 19.3. The van der Waals surface area contributed by atoms with Gasteiger partial charge in [-0.1, -0.05) is 47.6 Å². The molecule has 3 aromatic rings. The molecule has 0 bridgehead atoms. The Labute approximate surface area is 193 Å². The summed E-state index contributed by atoms with van der Waals surface area (Å²) in [7, 11) is 0. The van der Waals surface area contributed by atoms with Crippen LogP contribution in [0.1, 0.15) is 29.7 Å². The first-order valence-electron chi connectivity index (χ1n) is 11.0. The highest BCUT2D eigenvalue weighted by molar-refractivity contribution is 5.93. The lowest BCUT2D eigenvalue weighted by molar-refractivity contribution is -0.130. The molecule has 1 aromatic heterocycles. The molecule has 2 aromatic carbocycles. The fraction of sp³-hybridized carbons (Fsp3) is 0.269. The van der Waals surface area contributed by atoms with E-state index in [-0.39, 0.29) is 17.7 Å². The third kappa shape index (κ3) is 6.32. The number of likely N-dealkylation sites (tertiary alicyclic amines) is 1. The number of carbonyl (C=O) groups excluding carboxylic acids is 2. The first kappa shape index (κ1) is 22.3. The number of piperidine rings is 1. The Morgan fingerprint density at radius 1 is 1.12 bits per heavy atom. The monoisotopic (exact) mass is 445 g/mol. The molecule has 0 atom stereocenters. The molecule has 2 heterocycles. The zero-order chi connectivity index (χ0) is 23.0. The minimum absolute atomic E-state index is 0.0587. The van der Waals surface area contributed by atoms with Crippen LogP contribution in [0.2, 0.25) is 0 Å². The maximum atomic E-state index is 12.6. The first-order valence-corrected chi connectivity index (χ1v) is 11.0. The van der Waals surface area contributed by atoms with Crippen LogP contribution >= 0.6 is 0 Å². The van der Waals surface area contributed by atoms with E-state index < -0.39 is 0 Å². The molecule has 7 nitrogen and oxygen atoms in total. The molecule has 1 aliphatic rings. The predicted octanol–water partition coefficient (Wildman–Crippen LogP) is 4.45. The number of rotatable bonds is 7.